The summed E-state index contributed by atoms with van der Waals surface area (Å²) < 4.78 is 5.59. The lowest BCUT2D eigenvalue weighted by molar-refractivity contribution is -0.00902. The first-order valence-electron chi connectivity index (χ1n) is 6.53. The van der Waals surface area contributed by atoms with Gasteiger partial charge in [0.1, 0.15) is 5.75 Å². The zero-order chi connectivity index (χ0) is 14.5. The van der Waals surface area contributed by atoms with E-state index in [1.807, 2.05) is 20.8 Å². The predicted molar refractivity (Wildman–Crippen MR) is 74.0 cm³/mol. The van der Waals surface area contributed by atoms with E-state index in [4.69, 9.17) is 4.74 Å². The first kappa shape index (κ1) is 15.9. The van der Waals surface area contributed by atoms with Gasteiger partial charge >= 0.3 is 0 Å². The highest BCUT2D eigenvalue weighted by atomic mass is 16.5. The van der Waals surface area contributed by atoms with Crippen molar-refractivity contribution in [3.05, 3.63) is 23.0 Å². The zero-order valence-electron chi connectivity index (χ0n) is 12.2. The minimum atomic E-state index is -0.258. The van der Waals surface area contributed by atoms with Gasteiger partial charge in [-0.1, -0.05) is 0 Å². The van der Waals surface area contributed by atoms with Crippen LogP contribution in [-0.2, 0) is 17.9 Å². The van der Waals surface area contributed by atoms with Crippen molar-refractivity contribution in [1.29, 1.82) is 0 Å². The van der Waals surface area contributed by atoms with Crippen molar-refractivity contribution in [3.8, 4) is 5.75 Å². The van der Waals surface area contributed by atoms with Gasteiger partial charge in [0.05, 0.1) is 17.9 Å². The molecule has 0 amide bonds. The van der Waals surface area contributed by atoms with Crippen molar-refractivity contribution in [2.75, 3.05) is 13.2 Å². The van der Waals surface area contributed by atoms with Crippen molar-refractivity contribution in [1.82, 2.24) is 10.3 Å². The lowest BCUT2D eigenvalue weighted by Gasteiger charge is -2.25. The first-order chi connectivity index (χ1) is 8.91. The monoisotopic (exact) mass is 268 g/mol. The van der Waals surface area contributed by atoms with Crippen LogP contribution in [0.2, 0.25) is 0 Å². The average molecular weight is 268 g/mol. The number of aromatic hydroxyl groups is 1. The van der Waals surface area contributed by atoms with Crippen LogP contribution >= 0.6 is 0 Å². The highest BCUT2D eigenvalue weighted by Crippen LogP contribution is 2.23. The number of hydrogen-bond acceptors (Lipinski definition) is 5. The van der Waals surface area contributed by atoms with E-state index in [1.165, 1.54) is 0 Å². The molecule has 5 heteroatoms. The number of aryl methyl sites for hydroxylation is 1. The predicted octanol–water partition coefficient (Wildman–Crippen LogP) is 1.49. The molecule has 0 aliphatic rings. The SMILES string of the molecule is CCOC(C)(C)CNCc1c(CO)cnc(C)c1O. The van der Waals surface area contributed by atoms with E-state index in [1.54, 1.807) is 13.1 Å². The van der Waals surface area contributed by atoms with Gasteiger partial charge < -0.3 is 20.3 Å². The molecule has 0 bridgehead atoms. The molecule has 1 aromatic rings. The molecule has 0 aliphatic carbocycles. The molecule has 0 saturated heterocycles. The van der Waals surface area contributed by atoms with Crippen molar-refractivity contribution in [2.45, 2.75) is 46.4 Å². The van der Waals surface area contributed by atoms with Gasteiger partial charge in [-0.3, -0.25) is 4.98 Å². The quantitative estimate of drug-likeness (QED) is 0.698. The maximum atomic E-state index is 10.00. The van der Waals surface area contributed by atoms with Gasteiger partial charge in [-0.25, -0.2) is 0 Å². The molecule has 3 N–H and O–H groups in total. The second-order valence-electron chi connectivity index (χ2n) is 5.15. The molecule has 108 valence electrons. The number of aliphatic hydroxyl groups is 1. The Labute approximate surface area is 114 Å². The molecule has 0 fully saturated rings. The second-order valence-corrected chi connectivity index (χ2v) is 5.15. The van der Waals surface area contributed by atoms with Gasteiger partial charge in [0.2, 0.25) is 0 Å². The van der Waals surface area contributed by atoms with Crippen LogP contribution in [0.1, 0.15) is 37.6 Å². The Morgan fingerprint density at radius 3 is 2.68 bits per heavy atom. The van der Waals surface area contributed by atoms with Crippen molar-refractivity contribution in [3.63, 3.8) is 0 Å². The normalized spacial score (nSPS) is 11.8. The summed E-state index contributed by atoms with van der Waals surface area (Å²) >= 11 is 0. The Morgan fingerprint density at radius 2 is 2.11 bits per heavy atom. The van der Waals surface area contributed by atoms with Crippen LogP contribution in [-0.4, -0.2) is 33.9 Å². The summed E-state index contributed by atoms with van der Waals surface area (Å²) in [4.78, 5) is 4.03. The van der Waals surface area contributed by atoms with Gasteiger partial charge in [-0.15, -0.1) is 0 Å². The summed E-state index contributed by atoms with van der Waals surface area (Å²) in [6, 6.07) is 0. The van der Waals surface area contributed by atoms with Crippen LogP contribution in [0, 0.1) is 6.92 Å². The Bertz CT molecular complexity index is 419. The zero-order valence-corrected chi connectivity index (χ0v) is 12.2. The molecular weight excluding hydrogens is 244 g/mol. The summed E-state index contributed by atoms with van der Waals surface area (Å²) in [6.45, 7) is 9.38. The number of ether oxygens (including phenoxy) is 1. The summed E-state index contributed by atoms with van der Waals surface area (Å²) in [7, 11) is 0. The molecule has 0 saturated carbocycles. The highest BCUT2D eigenvalue weighted by molar-refractivity contribution is 5.40. The number of nitrogens with one attached hydrogen (secondary N) is 1. The number of hydrogen-bond donors (Lipinski definition) is 3. The lowest BCUT2D eigenvalue weighted by Crippen LogP contribution is -2.37. The molecule has 0 unspecified atom stereocenters. The Hall–Kier alpha value is -1.17. The highest BCUT2D eigenvalue weighted by Gasteiger charge is 2.18. The lowest BCUT2D eigenvalue weighted by atomic mass is 10.1. The smallest absolute Gasteiger partial charge is 0.141 e. The number of aromatic nitrogens is 1. The minimum absolute atomic E-state index is 0.132. The van der Waals surface area contributed by atoms with Gasteiger partial charge in [-0.05, 0) is 27.7 Å². The minimum Gasteiger partial charge on any atom is -0.506 e. The molecule has 1 rings (SSSR count). The summed E-state index contributed by atoms with van der Waals surface area (Å²) in [5.74, 6) is 0.147. The average Bonchev–Trinajstić information content (AvgIpc) is 2.34. The van der Waals surface area contributed by atoms with Crippen molar-refractivity contribution >= 4 is 0 Å². The topological polar surface area (TPSA) is 74.6 Å². The number of nitrogens with zero attached hydrogens (tertiary/aromatic N) is 1. The molecule has 0 spiro atoms. The van der Waals surface area contributed by atoms with E-state index in [0.717, 1.165) is 0 Å². The third-order valence-electron chi connectivity index (χ3n) is 2.99. The molecule has 1 heterocycles. The van der Waals surface area contributed by atoms with E-state index in [-0.39, 0.29) is 18.0 Å². The maximum Gasteiger partial charge on any atom is 0.141 e. The Kier molecular flexibility index (Phi) is 5.72. The largest absolute Gasteiger partial charge is 0.506 e. The van der Waals surface area contributed by atoms with Gasteiger partial charge in [0.15, 0.2) is 0 Å². The summed E-state index contributed by atoms with van der Waals surface area (Å²) in [5.41, 5.74) is 1.65. The maximum absolute atomic E-state index is 10.00. The van der Waals surface area contributed by atoms with Crippen LogP contribution < -0.4 is 5.32 Å². The number of pyridine rings is 1. The standard InChI is InChI=1S/C14H24N2O3/c1-5-19-14(3,4)9-15-7-12-11(8-17)6-16-10(2)13(12)18/h6,15,17-18H,5,7-9H2,1-4H3. The summed E-state index contributed by atoms with van der Waals surface area (Å²) in [5, 5.41) is 22.5. The number of rotatable bonds is 7. The van der Waals surface area contributed by atoms with E-state index >= 15 is 0 Å². The molecule has 1 aromatic heterocycles. The Balaban J connectivity index is 2.70. The first-order valence-corrected chi connectivity index (χ1v) is 6.53. The molecule has 5 nitrogen and oxygen atoms in total. The van der Waals surface area contributed by atoms with E-state index in [9.17, 15) is 10.2 Å². The Morgan fingerprint density at radius 1 is 1.42 bits per heavy atom. The molecular formula is C14H24N2O3. The van der Waals surface area contributed by atoms with Gasteiger partial charge in [0.25, 0.3) is 0 Å². The van der Waals surface area contributed by atoms with Gasteiger partial charge in [0, 0.05) is 37.0 Å². The van der Waals surface area contributed by atoms with Crippen LogP contribution in [0.3, 0.4) is 0 Å². The molecule has 0 aliphatic heterocycles. The van der Waals surface area contributed by atoms with Crippen LogP contribution in [0.5, 0.6) is 5.75 Å². The van der Waals surface area contributed by atoms with E-state index in [0.29, 0.717) is 36.5 Å². The third kappa shape index (κ3) is 4.45. The van der Waals surface area contributed by atoms with E-state index in [2.05, 4.69) is 10.3 Å². The van der Waals surface area contributed by atoms with Gasteiger partial charge in [-0.2, -0.15) is 0 Å². The second kappa shape index (κ2) is 6.84. The van der Waals surface area contributed by atoms with Crippen LogP contribution in [0.25, 0.3) is 0 Å². The third-order valence-corrected chi connectivity index (χ3v) is 2.99. The van der Waals surface area contributed by atoms with Crippen molar-refractivity contribution < 1.29 is 14.9 Å². The molecule has 19 heavy (non-hydrogen) atoms. The fourth-order valence-corrected chi connectivity index (χ4v) is 1.95. The van der Waals surface area contributed by atoms with Crippen LogP contribution in [0.15, 0.2) is 6.20 Å². The molecule has 0 atom stereocenters. The van der Waals surface area contributed by atoms with E-state index < -0.39 is 0 Å². The fraction of sp³-hybridized carbons (Fsp3) is 0.643. The number of aliphatic hydroxyl groups excluding tert-OH is 1. The molecule has 0 radical (unpaired) electrons. The fourth-order valence-electron chi connectivity index (χ4n) is 1.95. The summed E-state index contributed by atoms with van der Waals surface area (Å²) in [6.07, 6.45) is 1.60. The molecule has 0 aromatic carbocycles. The van der Waals surface area contributed by atoms with Crippen molar-refractivity contribution in [2.24, 2.45) is 0 Å². The van der Waals surface area contributed by atoms with Crippen LogP contribution in [0.4, 0.5) is 0 Å².